The molecule has 0 unspecified atom stereocenters. The van der Waals surface area contributed by atoms with Gasteiger partial charge in [-0.25, -0.2) is 14.6 Å². The van der Waals surface area contributed by atoms with Crippen molar-refractivity contribution in [1.29, 1.82) is 0 Å². The van der Waals surface area contributed by atoms with Gasteiger partial charge in [-0.1, -0.05) is 48.5 Å². The van der Waals surface area contributed by atoms with Gasteiger partial charge in [0.1, 0.15) is 12.2 Å². The molecule has 0 radical (unpaired) electrons. The minimum atomic E-state index is -4.56. The van der Waals surface area contributed by atoms with Gasteiger partial charge >= 0.3 is 18.4 Å². The monoisotopic (exact) mass is 746 g/mol. The van der Waals surface area contributed by atoms with E-state index in [1.165, 1.54) is 23.4 Å². The van der Waals surface area contributed by atoms with E-state index in [2.05, 4.69) is 25.9 Å². The Kier molecular flexibility index (Phi) is 11.4. The number of hydrogen-bond donors (Lipinski definition) is 3. The van der Waals surface area contributed by atoms with E-state index in [1.807, 2.05) is 42.5 Å². The summed E-state index contributed by atoms with van der Waals surface area (Å²) in [4.78, 5) is 50.0. The number of anilines is 3. The summed E-state index contributed by atoms with van der Waals surface area (Å²) >= 11 is 0. The van der Waals surface area contributed by atoms with Gasteiger partial charge in [-0.05, 0) is 68.5 Å². The summed E-state index contributed by atoms with van der Waals surface area (Å²) in [5.41, 5.74) is 2.59. The van der Waals surface area contributed by atoms with Crippen LogP contribution in [-0.2, 0) is 20.8 Å². The zero-order valence-corrected chi connectivity index (χ0v) is 30.0. The Labute approximate surface area is 310 Å². The Balaban J connectivity index is 1.30. The predicted molar refractivity (Wildman–Crippen MR) is 197 cm³/mol. The zero-order chi connectivity index (χ0) is 38.5. The lowest BCUT2D eigenvalue weighted by molar-refractivity contribution is -0.177. The molecule has 2 aliphatic rings. The average Bonchev–Trinajstić information content (AvgIpc) is 3.13. The predicted octanol–water partition coefficient (Wildman–Crippen LogP) is 7.72. The number of pyridine rings is 2. The van der Waals surface area contributed by atoms with Crippen molar-refractivity contribution in [2.45, 2.75) is 58.0 Å². The van der Waals surface area contributed by atoms with E-state index >= 15 is 0 Å². The van der Waals surface area contributed by atoms with Gasteiger partial charge in [0, 0.05) is 24.7 Å². The highest BCUT2D eigenvalue weighted by molar-refractivity contribution is 6.11. The van der Waals surface area contributed by atoms with Crippen LogP contribution in [0.3, 0.4) is 0 Å². The summed E-state index contributed by atoms with van der Waals surface area (Å²) in [5, 5.41) is 8.62. The van der Waals surface area contributed by atoms with Crippen LogP contribution in [0.15, 0.2) is 79.1 Å². The third-order valence-electron chi connectivity index (χ3n) is 8.84. The number of alkyl halides is 3. The maximum absolute atomic E-state index is 14.2. The van der Waals surface area contributed by atoms with E-state index in [0.717, 1.165) is 16.7 Å². The Morgan fingerprint density at radius 3 is 2.48 bits per heavy atom. The summed E-state index contributed by atoms with van der Waals surface area (Å²) in [6.07, 6.45) is -1.17. The van der Waals surface area contributed by atoms with Crippen LogP contribution in [-0.4, -0.2) is 72.2 Å². The van der Waals surface area contributed by atoms with E-state index < -0.39 is 48.4 Å². The number of ether oxygens (including phenoxy) is 3. The Morgan fingerprint density at radius 2 is 1.76 bits per heavy atom. The smallest absolute Gasteiger partial charge is 0.412 e. The molecule has 0 saturated carbocycles. The first-order chi connectivity index (χ1) is 25.7. The van der Waals surface area contributed by atoms with E-state index in [0.29, 0.717) is 30.5 Å². The van der Waals surface area contributed by atoms with Crippen LogP contribution in [0.4, 0.5) is 39.8 Å². The first-order valence-corrected chi connectivity index (χ1v) is 17.5. The highest BCUT2D eigenvalue weighted by Gasteiger charge is 2.45. The Hall–Kier alpha value is -5.70. The lowest BCUT2D eigenvalue weighted by Crippen LogP contribution is -2.54. The Morgan fingerprint density at radius 1 is 0.963 bits per heavy atom. The van der Waals surface area contributed by atoms with Gasteiger partial charge in [0.2, 0.25) is 0 Å². The van der Waals surface area contributed by atoms with Crippen molar-refractivity contribution < 1.29 is 41.8 Å². The molecule has 284 valence electrons. The molecule has 0 aliphatic carbocycles. The van der Waals surface area contributed by atoms with Gasteiger partial charge in [-0.2, -0.15) is 13.2 Å². The molecular weight excluding hydrogens is 705 g/mol. The maximum Gasteiger partial charge on any atom is 0.412 e. The molecule has 3 N–H and O–H groups in total. The van der Waals surface area contributed by atoms with Crippen LogP contribution in [0, 0.1) is 5.92 Å². The average molecular weight is 747 g/mol. The second kappa shape index (κ2) is 16.1. The van der Waals surface area contributed by atoms with E-state index in [4.69, 9.17) is 14.2 Å². The number of aromatic nitrogens is 2. The summed E-state index contributed by atoms with van der Waals surface area (Å²) in [7, 11) is 0. The molecule has 0 bridgehead atoms. The van der Waals surface area contributed by atoms with Gasteiger partial charge in [-0.3, -0.25) is 15.1 Å². The normalized spacial score (nSPS) is 17.7. The minimum absolute atomic E-state index is 0.00331. The molecule has 2 aromatic carbocycles. The van der Waals surface area contributed by atoms with E-state index in [9.17, 15) is 27.6 Å². The van der Waals surface area contributed by atoms with Crippen molar-refractivity contribution >= 4 is 51.6 Å². The van der Waals surface area contributed by atoms with Gasteiger partial charge < -0.3 is 29.7 Å². The van der Waals surface area contributed by atoms with Crippen LogP contribution >= 0.6 is 0 Å². The number of alkyl carbamates (subject to hydrolysis) is 1. The first-order valence-electron chi connectivity index (χ1n) is 17.5. The first kappa shape index (κ1) is 38.0. The number of benzene rings is 2. The van der Waals surface area contributed by atoms with Crippen molar-refractivity contribution in [1.82, 2.24) is 15.3 Å². The van der Waals surface area contributed by atoms with Crippen molar-refractivity contribution in [3.63, 3.8) is 0 Å². The molecule has 1 fully saturated rings. The number of rotatable bonds is 8. The van der Waals surface area contributed by atoms with Crippen LogP contribution in [0.25, 0.3) is 16.5 Å². The van der Waals surface area contributed by atoms with Gasteiger partial charge in [0.25, 0.3) is 5.91 Å². The lowest BCUT2D eigenvalue weighted by Gasteiger charge is -2.40. The van der Waals surface area contributed by atoms with Crippen molar-refractivity contribution in [3.8, 4) is 0 Å². The third kappa shape index (κ3) is 9.83. The topological polar surface area (TPSA) is 144 Å². The SMILES string of the molecule is CC(C)(C)OC(=O)N[C@H]1C[C@@H](C(F)(F)F)CN(c2ccncc2NC(=O)c2nc3cc(C4=CCOCC4)ccc3cc2NC(=O)OCc2ccccc2)C1. The molecule has 6 rings (SSSR count). The fourth-order valence-corrected chi connectivity index (χ4v) is 6.35. The van der Waals surface area contributed by atoms with E-state index in [-0.39, 0.29) is 42.3 Å². The standard InChI is InChI=1S/C39H41F3N6O6/c1-38(2,3)54-37(51)44-29-19-28(39(40,41)42)21-48(22-29)33-11-14-43-20-32(33)46-35(49)34-31(47-36(50)53-23-24-7-5-4-6-8-24)18-27-10-9-26(17-30(27)45-34)25-12-15-52-16-13-25/h4-12,14,17-18,20,28-29H,13,15-16,19,21-23H2,1-3H3,(H,44,51)(H,46,49)(H,47,50)/t28-,29+/m1/s1. The highest BCUT2D eigenvalue weighted by Crippen LogP contribution is 2.37. The fourth-order valence-electron chi connectivity index (χ4n) is 6.35. The molecule has 0 spiro atoms. The van der Waals surface area contributed by atoms with Gasteiger partial charge in [0.05, 0.1) is 53.9 Å². The molecule has 15 heteroatoms. The molecule has 2 aromatic heterocycles. The second-order valence-corrected chi connectivity index (χ2v) is 14.1. The molecule has 1 saturated heterocycles. The van der Waals surface area contributed by atoms with Gasteiger partial charge in [-0.15, -0.1) is 0 Å². The highest BCUT2D eigenvalue weighted by atomic mass is 19.4. The number of piperidine rings is 1. The lowest BCUT2D eigenvalue weighted by atomic mass is 9.93. The number of nitrogens with one attached hydrogen (secondary N) is 3. The molecular formula is C39H41F3N6O6. The zero-order valence-electron chi connectivity index (χ0n) is 30.0. The van der Waals surface area contributed by atoms with Crippen LogP contribution in [0.5, 0.6) is 0 Å². The second-order valence-electron chi connectivity index (χ2n) is 14.1. The van der Waals surface area contributed by atoms with E-state index in [1.54, 1.807) is 39.0 Å². The maximum atomic E-state index is 14.2. The molecule has 3 amide bonds. The largest absolute Gasteiger partial charge is 0.444 e. The fraction of sp³-hybridized carbons (Fsp3) is 0.359. The molecule has 12 nitrogen and oxygen atoms in total. The number of carbonyl (C=O) groups excluding carboxylic acids is 3. The number of halogens is 3. The number of hydrogen-bond acceptors (Lipinski definition) is 9. The van der Waals surface area contributed by atoms with Crippen LogP contribution in [0.1, 0.15) is 55.2 Å². The minimum Gasteiger partial charge on any atom is -0.444 e. The molecule has 4 heterocycles. The number of amides is 3. The summed E-state index contributed by atoms with van der Waals surface area (Å²) in [6, 6.07) is 16.9. The molecule has 54 heavy (non-hydrogen) atoms. The Bertz CT molecular complexity index is 2040. The number of fused-ring (bicyclic) bond motifs is 1. The molecule has 4 aromatic rings. The van der Waals surface area contributed by atoms with Crippen LogP contribution < -0.4 is 20.9 Å². The quantitative estimate of drug-likeness (QED) is 0.165. The summed E-state index contributed by atoms with van der Waals surface area (Å²) < 4.78 is 58.8. The van der Waals surface area contributed by atoms with Crippen molar-refractivity contribution in [3.05, 3.63) is 96.0 Å². The van der Waals surface area contributed by atoms with Crippen LogP contribution in [0.2, 0.25) is 0 Å². The molecule has 2 atom stereocenters. The number of nitrogens with zero attached hydrogens (tertiary/aromatic N) is 3. The van der Waals surface area contributed by atoms with Crippen molar-refractivity contribution in [2.24, 2.45) is 5.92 Å². The summed E-state index contributed by atoms with van der Waals surface area (Å²) in [5.74, 6) is -2.55. The number of carbonyl (C=O) groups is 3. The van der Waals surface area contributed by atoms with Crippen molar-refractivity contribution in [2.75, 3.05) is 41.8 Å². The van der Waals surface area contributed by atoms with Gasteiger partial charge in [0.15, 0.2) is 5.69 Å². The summed E-state index contributed by atoms with van der Waals surface area (Å²) in [6.45, 7) is 5.58. The molecule has 2 aliphatic heterocycles. The third-order valence-corrected chi connectivity index (χ3v) is 8.84.